The van der Waals surface area contributed by atoms with E-state index in [1.54, 1.807) is 12.1 Å². The SMILES string of the molecule is Nc1nc(N2CCN(Cc3ccncc3)CC2)nc2nc(-c3cccc(F)c3)nn12. The molecule has 4 heterocycles. The first kappa shape index (κ1) is 18.4. The normalized spacial score (nSPS) is 15.0. The second kappa shape index (κ2) is 7.64. The summed E-state index contributed by atoms with van der Waals surface area (Å²) >= 11 is 0. The lowest BCUT2D eigenvalue weighted by Crippen LogP contribution is -2.46. The Labute approximate surface area is 172 Å². The molecule has 5 rings (SSSR count). The Kier molecular flexibility index (Phi) is 4.68. The molecule has 1 aliphatic heterocycles. The molecule has 30 heavy (non-hydrogen) atoms. The fourth-order valence-electron chi connectivity index (χ4n) is 3.54. The van der Waals surface area contributed by atoms with Crippen LogP contribution in [0.25, 0.3) is 17.2 Å². The van der Waals surface area contributed by atoms with E-state index in [0.29, 0.717) is 23.1 Å². The van der Waals surface area contributed by atoms with Crippen molar-refractivity contribution in [2.24, 2.45) is 0 Å². The summed E-state index contributed by atoms with van der Waals surface area (Å²) in [7, 11) is 0. The number of rotatable bonds is 4. The summed E-state index contributed by atoms with van der Waals surface area (Å²) in [6.07, 6.45) is 3.63. The van der Waals surface area contributed by atoms with E-state index < -0.39 is 0 Å². The van der Waals surface area contributed by atoms with Gasteiger partial charge in [0.05, 0.1) is 0 Å². The van der Waals surface area contributed by atoms with E-state index in [-0.39, 0.29) is 11.8 Å². The summed E-state index contributed by atoms with van der Waals surface area (Å²) < 4.78 is 14.9. The Morgan fingerprint density at radius 1 is 0.967 bits per heavy atom. The quantitative estimate of drug-likeness (QED) is 0.547. The minimum atomic E-state index is -0.351. The summed E-state index contributed by atoms with van der Waals surface area (Å²) in [4.78, 5) is 21.9. The van der Waals surface area contributed by atoms with Crippen LogP contribution >= 0.6 is 0 Å². The van der Waals surface area contributed by atoms with E-state index in [1.807, 2.05) is 24.5 Å². The Hall–Kier alpha value is -3.66. The highest BCUT2D eigenvalue weighted by Gasteiger charge is 2.21. The second-order valence-corrected chi connectivity index (χ2v) is 7.16. The number of hydrogen-bond donors (Lipinski definition) is 1. The van der Waals surface area contributed by atoms with Crippen molar-refractivity contribution in [2.45, 2.75) is 6.54 Å². The lowest BCUT2D eigenvalue weighted by molar-refractivity contribution is 0.248. The summed E-state index contributed by atoms with van der Waals surface area (Å²) in [5.74, 6) is 1.08. The third kappa shape index (κ3) is 3.64. The van der Waals surface area contributed by atoms with Crippen molar-refractivity contribution in [3.05, 3.63) is 60.2 Å². The fourth-order valence-corrected chi connectivity index (χ4v) is 3.54. The summed E-state index contributed by atoms with van der Waals surface area (Å²) in [6, 6.07) is 10.2. The van der Waals surface area contributed by atoms with E-state index in [4.69, 9.17) is 5.73 Å². The van der Waals surface area contributed by atoms with Crippen molar-refractivity contribution < 1.29 is 4.39 Å². The summed E-state index contributed by atoms with van der Waals surface area (Å²) in [5, 5.41) is 4.33. The van der Waals surface area contributed by atoms with E-state index in [2.05, 4.69) is 34.8 Å². The van der Waals surface area contributed by atoms with Crippen molar-refractivity contribution in [2.75, 3.05) is 36.8 Å². The maximum absolute atomic E-state index is 13.5. The van der Waals surface area contributed by atoms with Gasteiger partial charge in [-0.25, -0.2) is 4.39 Å². The zero-order valence-corrected chi connectivity index (χ0v) is 16.2. The molecule has 0 saturated carbocycles. The molecule has 0 spiro atoms. The molecule has 1 aromatic carbocycles. The fraction of sp³-hybridized carbons (Fsp3) is 0.250. The van der Waals surface area contributed by atoms with Gasteiger partial charge in [-0.2, -0.15) is 19.5 Å². The van der Waals surface area contributed by atoms with Gasteiger partial charge in [-0.05, 0) is 29.8 Å². The zero-order chi connectivity index (χ0) is 20.5. The second-order valence-electron chi connectivity index (χ2n) is 7.16. The molecule has 0 bridgehead atoms. The number of fused-ring (bicyclic) bond motifs is 1. The molecule has 0 atom stereocenters. The first-order chi connectivity index (χ1) is 14.7. The first-order valence-corrected chi connectivity index (χ1v) is 9.68. The van der Waals surface area contributed by atoms with Crippen LogP contribution in [0, 0.1) is 5.82 Å². The molecule has 1 fully saturated rings. The minimum Gasteiger partial charge on any atom is -0.368 e. The highest BCUT2D eigenvalue weighted by molar-refractivity contribution is 5.58. The Bertz CT molecular complexity index is 1170. The maximum atomic E-state index is 13.5. The predicted molar refractivity (Wildman–Crippen MR) is 110 cm³/mol. The maximum Gasteiger partial charge on any atom is 0.259 e. The van der Waals surface area contributed by atoms with Gasteiger partial charge in [0.15, 0.2) is 5.82 Å². The molecular formula is C20H20FN9. The molecule has 4 aromatic rings. The van der Waals surface area contributed by atoms with Gasteiger partial charge in [0.2, 0.25) is 11.9 Å². The first-order valence-electron chi connectivity index (χ1n) is 9.68. The molecule has 1 saturated heterocycles. The molecule has 0 aliphatic carbocycles. The van der Waals surface area contributed by atoms with Crippen LogP contribution in [0.15, 0.2) is 48.8 Å². The van der Waals surface area contributed by atoms with Crippen LogP contribution in [0.3, 0.4) is 0 Å². The van der Waals surface area contributed by atoms with E-state index in [1.165, 1.54) is 22.2 Å². The Morgan fingerprint density at radius 2 is 1.77 bits per heavy atom. The summed E-state index contributed by atoms with van der Waals surface area (Å²) in [6.45, 7) is 4.23. The number of nitrogens with two attached hydrogens (primary N) is 1. The molecule has 0 amide bonds. The average Bonchev–Trinajstić information content (AvgIpc) is 3.20. The largest absolute Gasteiger partial charge is 0.368 e. The molecule has 1 aliphatic rings. The van der Waals surface area contributed by atoms with Crippen LogP contribution in [-0.4, -0.2) is 60.6 Å². The van der Waals surface area contributed by atoms with Gasteiger partial charge in [-0.1, -0.05) is 12.1 Å². The predicted octanol–water partition coefficient (Wildman–Crippen LogP) is 1.62. The van der Waals surface area contributed by atoms with Crippen LogP contribution < -0.4 is 10.6 Å². The lowest BCUT2D eigenvalue weighted by atomic mass is 10.2. The van der Waals surface area contributed by atoms with E-state index >= 15 is 0 Å². The smallest absolute Gasteiger partial charge is 0.259 e. The van der Waals surface area contributed by atoms with Crippen LogP contribution in [0.5, 0.6) is 0 Å². The Balaban J connectivity index is 1.34. The number of pyridine rings is 1. The van der Waals surface area contributed by atoms with Crippen molar-refractivity contribution in [3.63, 3.8) is 0 Å². The molecule has 152 valence electrons. The van der Waals surface area contributed by atoms with Crippen molar-refractivity contribution >= 4 is 17.7 Å². The standard InChI is InChI=1S/C20H20FN9/c21-16-3-1-2-15(12-16)17-24-20-26-19(25-18(22)30(20)27-17)29-10-8-28(9-11-29)13-14-4-6-23-7-5-14/h1-7,12H,8-11,13H2,(H2,22,24,25,26,27). The number of hydrogen-bond acceptors (Lipinski definition) is 8. The van der Waals surface area contributed by atoms with Crippen molar-refractivity contribution in [1.82, 2.24) is 34.4 Å². The topological polar surface area (TPSA) is 101 Å². The van der Waals surface area contributed by atoms with Crippen LogP contribution in [0.4, 0.5) is 16.3 Å². The van der Waals surface area contributed by atoms with Gasteiger partial charge in [0, 0.05) is 50.7 Å². The molecule has 0 radical (unpaired) electrons. The monoisotopic (exact) mass is 405 g/mol. The molecule has 3 aromatic heterocycles. The number of halogens is 1. The van der Waals surface area contributed by atoms with Crippen LogP contribution in [0.2, 0.25) is 0 Å². The molecule has 9 nitrogen and oxygen atoms in total. The average molecular weight is 405 g/mol. The van der Waals surface area contributed by atoms with E-state index in [9.17, 15) is 4.39 Å². The van der Waals surface area contributed by atoms with Gasteiger partial charge < -0.3 is 10.6 Å². The van der Waals surface area contributed by atoms with Gasteiger partial charge in [-0.15, -0.1) is 5.10 Å². The highest BCUT2D eigenvalue weighted by Crippen LogP contribution is 2.20. The molecule has 10 heteroatoms. The number of nitrogen functional groups attached to an aromatic ring is 1. The number of nitrogens with zero attached hydrogens (tertiary/aromatic N) is 8. The molecule has 2 N–H and O–H groups in total. The van der Waals surface area contributed by atoms with Gasteiger partial charge in [0.1, 0.15) is 5.82 Å². The minimum absolute atomic E-state index is 0.198. The van der Waals surface area contributed by atoms with Gasteiger partial charge in [0.25, 0.3) is 5.78 Å². The number of aromatic nitrogens is 6. The van der Waals surface area contributed by atoms with Crippen LogP contribution in [-0.2, 0) is 6.54 Å². The highest BCUT2D eigenvalue weighted by atomic mass is 19.1. The third-order valence-corrected chi connectivity index (χ3v) is 5.12. The zero-order valence-electron chi connectivity index (χ0n) is 16.2. The van der Waals surface area contributed by atoms with E-state index in [0.717, 1.165) is 32.7 Å². The number of benzene rings is 1. The third-order valence-electron chi connectivity index (χ3n) is 5.12. The number of piperazine rings is 1. The lowest BCUT2D eigenvalue weighted by Gasteiger charge is -2.34. The van der Waals surface area contributed by atoms with Gasteiger partial charge in [-0.3, -0.25) is 9.88 Å². The van der Waals surface area contributed by atoms with Crippen molar-refractivity contribution in [3.8, 4) is 11.4 Å². The Morgan fingerprint density at radius 3 is 2.53 bits per heavy atom. The van der Waals surface area contributed by atoms with Gasteiger partial charge >= 0.3 is 0 Å². The van der Waals surface area contributed by atoms with Crippen LogP contribution in [0.1, 0.15) is 5.56 Å². The number of anilines is 2. The molecular weight excluding hydrogens is 385 g/mol. The molecule has 0 unspecified atom stereocenters. The van der Waals surface area contributed by atoms with Crippen molar-refractivity contribution in [1.29, 1.82) is 0 Å². The summed E-state index contributed by atoms with van der Waals surface area (Å²) in [5.41, 5.74) is 7.91.